The minimum absolute atomic E-state index is 0.109. The monoisotopic (exact) mass is 1560 g/mol. The molecule has 19 heteroatoms. The average molecular weight is 1560 g/mol. The smallest absolute Gasteiger partial charge is 0.462 e. The maximum absolute atomic E-state index is 13.2. The molecule has 0 radical (unpaired) electrons. The number of phosphoric acid groups is 2. The largest absolute Gasteiger partial charge is 0.472 e. The van der Waals surface area contributed by atoms with Gasteiger partial charge in [-0.3, -0.25) is 37.3 Å². The van der Waals surface area contributed by atoms with E-state index in [-0.39, 0.29) is 25.7 Å². The van der Waals surface area contributed by atoms with E-state index < -0.39 is 97.5 Å². The van der Waals surface area contributed by atoms with E-state index in [1.54, 1.807) is 0 Å². The maximum Gasteiger partial charge on any atom is 0.472 e. The number of rotatable bonds is 89. The minimum atomic E-state index is -4.97. The van der Waals surface area contributed by atoms with Crippen LogP contribution in [0.1, 0.15) is 484 Å². The zero-order chi connectivity index (χ0) is 78.1. The van der Waals surface area contributed by atoms with Gasteiger partial charge < -0.3 is 33.8 Å². The quantitative estimate of drug-likeness (QED) is 0.0222. The second-order valence-electron chi connectivity index (χ2n) is 31.6. The molecule has 0 bridgehead atoms. The van der Waals surface area contributed by atoms with Gasteiger partial charge in [0.1, 0.15) is 19.3 Å². The van der Waals surface area contributed by atoms with Crippen LogP contribution in [0.5, 0.6) is 0 Å². The Morgan fingerprint density at radius 3 is 0.551 bits per heavy atom. The molecule has 0 rings (SSSR count). The van der Waals surface area contributed by atoms with Crippen molar-refractivity contribution in [3.63, 3.8) is 0 Å². The molecule has 0 aromatic heterocycles. The molecule has 0 aromatic rings. The lowest BCUT2D eigenvalue weighted by atomic mass is 10.0. The van der Waals surface area contributed by atoms with Crippen molar-refractivity contribution >= 4 is 39.5 Å². The lowest BCUT2D eigenvalue weighted by Gasteiger charge is -2.21. The van der Waals surface area contributed by atoms with Gasteiger partial charge in [-0.1, -0.05) is 432 Å². The first-order valence-electron chi connectivity index (χ1n) is 45.8. The molecular formula is C88H172O17P2. The normalized spacial score (nSPS) is 13.7. The van der Waals surface area contributed by atoms with Crippen molar-refractivity contribution in [1.29, 1.82) is 0 Å². The van der Waals surface area contributed by atoms with Crippen molar-refractivity contribution in [2.24, 2.45) is 0 Å². The molecule has 3 N–H and O–H groups in total. The molecule has 0 aromatic carbocycles. The molecule has 0 saturated heterocycles. The third-order valence-corrected chi connectivity index (χ3v) is 22.8. The second kappa shape index (κ2) is 82.1. The summed E-state index contributed by atoms with van der Waals surface area (Å²) in [6.07, 6.45) is 77.8. The molecule has 0 saturated carbocycles. The first-order valence-corrected chi connectivity index (χ1v) is 48.8. The van der Waals surface area contributed by atoms with E-state index in [2.05, 4.69) is 27.7 Å². The second-order valence-corrected chi connectivity index (χ2v) is 34.5. The number of esters is 4. The van der Waals surface area contributed by atoms with Crippen LogP contribution in [0, 0.1) is 0 Å². The average Bonchev–Trinajstić information content (AvgIpc) is 0.900. The molecular weight excluding hydrogens is 1390 g/mol. The summed E-state index contributed by atoms with van der Waals surface area (Å²) in [5, 5.41) is 10.7. The summed E-state index contributed by atoms with van der Waals surface area (Å²) in [6, 6.07) is 0. The van der Waals surface area contributed by atoms with Crippen LogP contribution in [-0.2, 0) is 65.4 Å². The van der Waals surface area contributed by atoms with E-state index in [0.717, 1.165) is 89.9 Å². The Morgan fingerprint density at radius 2 is 0.374 bits per heavy atom. The molecule has 17 nitrogen and oxygen atoms in total. The van der Waals surface area contributed by atoms with Gasteiger partial charge in [0, 0.05) is 25.7 Å². The topological polar surface area (TPSA) is 237 Å². The van der Waals surface area contributed by atoms with Crippen LogP contribution in [0.15, 0.2) is 0 Å². The van der Waals surface area contributed by atoms with E-state index >= 15 is 0 Å². The zero-order valence-corrected chi connectivity index (χ0v) is 71.9. The number of hydrogen-bond acceptors (Lipinski definition) is 15. The van der Waals surface area contributed by atoms with Gasteiger partial charge in [0.2, 0.25) is 0 Å². The highest BCUT2D eigenvalue weighted by Gasteiger charge is 2.30. The highest BCUT2D eigenvalue weighted by Crippen LogP contribution is 2.45. The standard InChI is InChI=1S/C88H172O17P2/c1-5-9-13-17-21-25-29-32-35-38-41-43-46-49-52-55-59-63-67-71-75-88(93)105-84(79-99-86(91)73-69-65-61-57-53-50-47-45-42-39-36-33-30-26-22-18-14-10-6-2)81-103-107(96,97)101-77-82(89)76-100-106(94,95)102-80-83(78-98-85(90)72-68-64-60-56-28-24-20-16-12-8-4)104-87(92)74-70-66-62-58-54-51-48-44-40-37-34-31-27-23-19-15-11-7-3/h82-84,89H,5-81H2,1-4H3,(H,94,95)(H,96,97)/t82-,83+,84+/m0/s1. The van der Waals surface area contributed by atoms with Gasteiger partial charge in [0.05, 0.1) is 26.4 Å². The van der Waals surface area contributed by atoms with Crippen LogP contribution in [0.4, 0.5) is 0 Å². The van der Waals surface area contributed by atoms with Crippen LogP contribution in [-0.4, -0.2) is 96.7 Å². The lowest BCUT2D eigenvalue weighted by molar-refractivity contribution is -0.161. The fraction of sp³-hybridized carbons (Fsp3) is 0.955. The van der Waals surface area contributed by atoms with Crippen molar-refractivity contribution in [3.8, 4) is 0 Å². The predicted octanol–water partition coefficient (Wildman–Crippen LogP) is 27.3. The van der Waals surface area contributed by atoms with Crippen molar-refractivity contribution in [1.82, 2.24) is 0 Å². The van der Waals surface area contributed by atoms with Crippen molar-refractivity contribution in [3.05, 3.63) is 0 Å². The molecule has 0 fully saturated rings. The molecule has 0 aliphatic heterocycles. The van der Waals surface area contributed by atoms with Gasteiger partial charge in [0.15, 0.2) is 12.2 Å². The summed E-state index contributed by atoms with van der Waals surface area (Å²) < 4.78 is 69.0. The highest BCUT2D eigenvalue weighted by molar-refractivity contribution is 7.47. The van der Waals surface area contributed by atoms with Crippen molar-refractivity contribution in [2.45, 2.75) is 502 Å². The van der Waals surface area contributed by atoms with Gasteiger partial charge in [-0.2, -0.15) is 0 Å². The molecule has 0 aliphatic rings. The van der Waals surface area contributed by atoms with Crippen LogP contribution in [0.2, 0.25) is 0 Å². The number of carbonyl (C=O) groups excluding carboxylic acids is 4. The maximum atomic E-state index is 13.2. The third kappa shape index (κ3) is 81.9. The van der Waals surface area contributed by atoms with Gasteiger partial charge in [-0.15, -0.1) is 0 Å². The fourth-order valence-corrected chi connectivity index (χ4v) is 15.5. The molecule has 0 amide bonds. The number of ether oxygens (including phenoxy) is 4. The van der Waals surface area contributed by atoms with Crippen molar-refractivity contribution < 1.29 is 80.2 Å². The van der Waals surface area contributed by atoms with E-state index in [1.165, 1.54) is 315 Å². The number of aliphatic hydroxyl groups excluding tert-OH is 1. The van der Waals surface area contributed by atoms with E-state index in [9.17, 15) is 43.2 Å². The highest BCUT2D eigenvalue weighted by atomic mass is 31.2. The number of hydrogen-bond donors (Lipinski definition) is 3. The van der Waals surface area contributed by atoms with Crippen LogP contribution in [0.25, 0.3) is 0 Å². The van der Waals surface area contributed by atoms with Gasteiger partial charge in [-0.05, 0) is 25.7 Å². The van der Waals surface area contributed by atoms with Gasteiger partial charge >= 0.3 is 39.5 Å². The summed E-state index contributed by atoms with van der Waals surface area (Å²) in [4.78, 5) is 73.3. The number of carbonyl (C=O) groups is 4. The molecule has 0 heterocycles. The molecule has 636 valence electrons. The minimum Gasteiger partial charge on any atom is -0.462 e. The summed E-state index contributed by atoms with van der Waals surface area (Å²) in [5.74, 6) is -2.10. The molecule has 0 spiro atoms. The van der Waals surface area contributed by atoms with Gasteiger partial charge in [-0.25, -0.2) is 9.13 Å². The Kier molecular flexibility index (Phi) is 80.6. The summed E-state index contributed by atoms with van der Waals surface area (Å²) in [6.45, 7) is 5.06. The number of unbranched alkanes of at least 4 members (excludes halogenated alkanes) is 63. The van der Waals surface area contributed by atoms with E-state index in [0.29, 0.717) is 25.7 Å². The van der Waals surface area contributed by atoms with E-state index in [1.807, 2.05) is 0 Å². The molecule has 107 heavy (non-hydrogen) atoms. The Hall–Kier alpha value is -1.94. The first-order chi connectivity index (χ1) is 52.2. The van der Waals surface area contributed by atoms with Crippen LogP contribution in [0.3, 0.4) is 0 Å². The Bertz CT molecular complexity index is 2020. The zero-order valence-electron chi connectivity index (χ0n) is 70.1. The first kappa shape index (κ1) is 105. The Labute approximate surface area is 658 Å². The number of phosphoric ester groups is 2. The van der Waals surface area contributed by atoms with Gasteiger partial charge in [0.25, 0.3) is 0 Å². The summed E-state index contributed by atoms with van der Waals surface area (Å²) in [5.41, 5.74) is 0. The molecule has 5 atom stereocenters. The van der Waals surface area contributed by atoms with Crippen molar-refractivity contribution in [2.75, 3.05) is 39.6 Å². The Balaban J connectivity index is 5.22. The lowest BCUT2D eigenvalue weighted by Crippen LogP contribution is -2.30. The fourth-order valence-electron chi connectivity index (χ4n) is 13.9. The molecule has 0 aliphatic carbocycles. The number of aliphatic hydroxyl groups is 1. The Morgan fingerprint density at radius 1 is 0.224 bits per heavy atom. The van der Waals surface area contributed by atoms with E-state index in [4.69, 9.17) is 37.0 Å². The van der Waals surface area contributed by atoms with Crippen LogP contribution >= 0.6 is 15.6 Å². The SMILES string of the molecule is CCCCCCCCCCCCCCCCCCCCCCC(=O)O[C@H](COC(=O)CCCCCCCCCCCCCCCCCCCCC)COP(=O)(O)OC[C@@H](O)COP(=O)(O)OC[C@@H](COC(=O)CCCCCCCCCCCC)OC(=O)CCCCCCCCCCCCCCCCCCCC. The van der Waals surface area contributed by atoms with Crippen LogP contribution < -0.4 is 0 Å². The molecule has 2 unspecified atom stereocenters. The summed E-state index contributed by atoms with van der Waals surface area (Å²) >= 11 is 0. The summed E-state index contributed by atoms with van der Waals surface area (Å²) in [7, 11) is -9.93. The predicted molar refractivity (Wildman–Crippen MR) is 442 cm³/mol. The third-order valence-electron chi connectivity index (χ3n) is 20.9.